The molecule has 3 unspecified atom stereocenters. The average molecular weight is 373 g/mol. The van der Waals surface area contributed by atoms with Crippen LogP contribution in [0.25, 0.3) is 0 Å². The van der Waals surface area contributed by atoms with E-state index in [0.717, 1.165) is 56.6 Å². The van der Waals surface area contributed by atoms with E-state index in [-0.39, 0.29) is 23.8 Å². The van der Waals surface area contributed by atoms with Gasteiger partial charge in [-0.25, -0.2) is 0 Å². The number of hydrogen-bond acceptors (Lipinski definition) is 4. The summed E-state index contributed by atoms with van der Waals surface area (Å²) in [5.41, 5.74) is 1.00. The Morgan fingerprint density at radius 2 is 2.04 bits per heavy atom. The smallest absolute Gasteiger partial charge is 0.237 e. The molecule has 2 aliphatic heterocycles. The van der Waals surface area contributed by atoms with Gasteiger partial charge in [0, 0.05) is 19.6 Å². The number of carbonyl (C=O) groups is 2. The van der Waals surface area contributed by atoms with Crippen molar-refractivity contribution in [2.45, 2.75) is 44.6 Å². The summed E-state index contributed by atoms with van der Waals surface area (Å²) in [6.07, 6.45) is 4.02. The van der Waals surface area contributed by atoms with Gasteiger partial charge in [-0.3, -0.25) is 9.59 Å². The predicted molar refractivity (Wildman–Crippen MR) is 105 cm³/mol. The summed E-state index contributed by atoms with van der Waals surface area (Å²) in [6.45, 7) is 5.05. The van der Waals surface area contributed by atoms with Crippen LogP contribution in [0.2, 0.25) is 0 Å². The summed E-state index contributed by atoms with van der Waals surface area (Å²) < 4.78 is 5.19. The molecule has 0 aliphatic carbocycles. The monoisotopic (exact) mass is 373 g/mol. The summed E-state index contributed by atoms with van der Waals surface area (Å²) in [5.74, 6) is 1.21. The summed E-state index contributed by atoms with van der Waals surface area (Å²) in [6, 6.07) is 7.66. The molecule has 2 fully saturated rings. The minimum Gasteiger partial charge on any atom is -0.497 e. The van der Waals surface area contributed by atoms with E-state index in [1.807, 2.05) is 36.1 Å². The Hall–Kier alpha value is -2.08. The summed E-state index contributed by atoms with van der Waals surface area (Å²) in [5, 5.41) is 6.30. The lowest BCUT2D eigenvalue weighted by Crippen LogP contribution is -2.47. The highest BCUT2D eigenvalue weighted by Gasteiger charge is 2.28. The number of nitrogens with zero attached hydrogens (tertiary/aromatic N) is 1. The number of piperidine rings is 1. The van der Waals surface area contributed by atoms with E-state index >= 15 is 0 Å². The molecular weight excluding hydrogens is 342 g/mol. The van der Waals surface area contributed by atoms with Crippen LogP contribution in [0.4, 0.5) is 0 Å². The summed E-state index contributed by atoms with van der Waals surface area (Å²) in [7, 11) is 1.64. The molecule has 0 saturated carbocycles. The topological polar surface area (TPSA) is 70.7 Å². The van der Waals surface area contributed by atoms with Gasteiger partial charge < -0.3 is 20.3 Å². The maximum absolute atomic E-state index is 12.9. The van der Waals surface area contributed by atoms with Crippen molar-refractivity contribution in [2.24, 2.45) is 5.92 Å². The largest absolute Gasteiger partial charge is 0.497 e. The Morgan fingerprint density at radius 1 is 1.26 bits per heavy atom. The molecule has 0 bridgehead atoms. The number of ether oxygens (including phenoxy) is 1. The highest BCUT2D eigenvalue weighted by Crippen LogP contribution is 2.24. The maximum atomic E-state index is 12.9. The van der Waals surface area contributed by atoms with E-state index in [9.17, 15) is 9.59 Å². The van der Waals surface area contributed by atoms with Crippen molar-refractivity contribution in [1.29, 1.82) is 0 Å². The van der Waals surface area contributed by atoms with Gasteiger partial charge in [0.05, 0.1) is 19.1 Å². The average Bonchev–Trinajstić information content (AvgIpc) is 3.26. The van der Waals surface area contributed by atoms with Gasteiger partial charge in [-0.05, 0) is 62.8 Å². The third kappa shape index (κ3) is 5.01. The zero-order chi connectivity index (χ0) is 19.2. The molecule has 0 aromatic heterocycles. The molecule has 2 heterocycles. The van der Waals surface area contributed by atoms with Crippen LogP contribution in [-0.4, -0.2) is 56.0 Å². The number of nitrogens with one attached hydrogen (secondary N) is 2. The van der Waals surface area contributed by atoms with E-state index < -0.39 is 0 Å². The van der Waals surface area contributed by atoms with E-state index in [0.29, 0.717) is 12.5 Å². The van der Waals surface area contributed by atoms with Crippen LogP contribution >= 0.6 is 0 Å². The zero-order valence-electron chi connectivity index (χ0n) is 16.4. The fraction of sp³-hybridized carbons (Fsp3) is 0.619. The Morgan fingerprint density at radius 3 is 2.70 bits per heavy atom. The van der Waals surface area contributed by atoms with Crippen molar-refractivity contribution < 1.29 is 14.3 Å². The second kappa shape index (κ2) is 9.22. The summed E-state index contributed by atoms with van der Waals surface area (Å²) >= 11 is 0. The van der Waals surface area contributed by atoms with Crippen molar-refractivity contribution in [3.63, 3.8) is 0 Å². The van der Waals surface area contributed by atoms with Crippen molar-refractivity contribution in [3.05, 3.63) is 29.8 Å². The first-order valence-electron chi connectivity index (χ1n) is 10.0. The van der Waals surface area contributed by atoms with Crippen LogP contribution in [-0.2, 0) is 9.59 Å². The second-order valence-corrected chi connectivity index (χ2v) is 7.68. The van der Waals surface area contributed by atoms with E-state index in [1.54, 1.807) is 7.11 Å². The van der Waals surface area contributed by atoms with E-state index in [4.69, 9.17) is 4.74 Å². The highest BCUT2D eigenvalue weighted by molar-refractivity contribution is 5.83. The highest BCUT2D eigenvalue weighted by atomic mass is 16.5. The van der Waals surface area contributed by atoms with E-state index in [2.05, 4.69) is 10.6 Å². The van der Waals surface area contributed by atoms with Crippen LogP contribution in [0.3, 0.4) is 0 Å². The maximum Gasteiger partial charge on any atom is 0.237 e. The van der Waals surface area contributed by atoms with Crippen LogP contribution in [0.15, 0.2) is 24.3 Å². The first-order valence-corrected chi connectivity index (χ1v) is 10.0. The number of carbonyl (C=O) groups excluding carboxylic acids is 2. The molecule has 148 valence electrons. The minimum atomic E-state index is -0.174. The molecule has 3 rings (SSSR count). The quantitative estimate of drug-likeness (QED) is 0.799. The molecule has 6 heteroatoms. The normalized spacial score (nSPS) is 23.7. The van der Waals surface area contributed by atoms with Crippen LogP contribution in [0, 0.1) is 5.92 Å². The van der Waals surface area contributed by atoms with Crippen molar-refractivity contribution in [2.75, 3.05) is 33.3 Å². The second-order valence-electron chi connectivity index (χ2n) is 7.68. The first-order chi connectivity index (χ1) is 13.1. The zero-order valence-corrected chi connectivity index (χ0v) is 16.4. The van der Waals surface area contributed by atoms with Gasteiger partial charge in [-0.2, -0.15) is 0 Å². The molecule has 6 nitrogen and oxygen atoms in total. The molecule has 0 spiro atoms. The fourth-order valence-electron chi connectivity index (χ4n) is 4.02. The van der Waals surface area contributed by atoms with Gasteiger partial charge >= 0.3 is 0 Å². The number of likely N-dealkylation sites (tertiary alicyclic amines) is 1. The lowest BCUT2D eigenvalue weighted by molar-refractivity contribution is -0.134. The standard InChI is InChI=1S/C21H31N3O3/c1-15(17-7-9-18(27-2)10-8-17)21(26)24-12-4-5-16(14-24)13-23-20(25)19-6-3-11-22-19/h7-10,15-16,19,22H,3-6,11-14H2,1-2H3,(H,23,25). The third-order valence-electron chi connectivity index (χ3n) is 5.76. The third-order valence-corrected chi connectivity index (χ3v) is 5.76. The molecule has 3 atom stereocenters. The molecule has 2 aliphatic rings. The van der Waals surface area contributed by atoms with Crippen molar-refractivity contribution in [1.82, 2.24) is 15.5 Å². The van der Waals surface area contributed by atoms with Crippen molar-refractivity contribution >= 4 is 11.8 Å². The molecule has 0 radical (unpaired) electrons. The van der Waals surface area contributed by atoms with Gasteiger partial charge in [0.2, 0.25) is 11.8 Å². The van der Waals surface area contributed by atoms with Crippen LogP contribution in [0.1, 0.15) is 44.1 Å². The molecule has 1 aromatic carbocycles. The molecule has 27 heavy (non-hydrogen) atoms. The minimum absolute atomic E-state index is 0.0404. The van der Waals surface area contributed by atoms with Gasteiger partial charge in [0.15, 0.2) is 0 Å². The predicted octanol–water partition coefficient (Wildman–Crippen LogP) is 1.91. The number of amides is 2. The number of benzene rings is 1. The number of rotatable bonds is 6. The SMILES string of the molecule is COc1ccc(C(C)C(=O)N2CCCC(CNC(=O)C3CCCN3)C2)cc1. The van der Waals surface area contributed by atoms with Gasteiger partial charge in [0.1, 0.15) is 5.75 Å². The lowest BCUT2D eigenvalue weighted by Gasteiger charge is -2.34. The Kier molecular flexibility index (Phi) is 6.72. The van der Waals surface area contributed by atoms with Crippen LogP contribution < -0.4 is 15.4 Å². The summed E-state index contributed by atoms with van der Waals surface area (Å²) in [4.78, 5) is 27.1. The van der Waals surface area contributed by atoms with Gasteiger partial charge in [-0.15, -0.1) is 0 Å². The van der Waals surface area contributed by atoms with Gasteiger partial charge in [-0.1, -0.05) is 12.1 Å². The van der Waals surface area contributed by atoms with Crippen molar-refractivity contribution in [3.8, 4) is 5.75 Å². The number of hydrogen-bond donors (Lipinski definition) is 2. The number of methoxy groups -OCH3 is 1. The first kappa shape index (κ1) is 19.7. The fourth-order valence-corrected chi connectivity index (χ4v) is 4.02. The Bertz CT molecular complexity index is 641. The van der Waals surface area contributed by atoms with Crippen LogP contribution in [0.5, 0.6) is 5.75 Å². The molecule has 1 aromatic rings. The molecule has 2 N–H and O–H groups in total. The van der Waals surface area contributed by atoms with E-state index in [1.165, 1.54) is 0 Å². The Balaban J connectivity index is 1.51. The molecular formula is C21H31N3O3. The Labute approximate surface area is 161 Å². The molecule has 2 saturated heterocycles. The molecule has 2 amide bonds. The van der Waals surface area contributed by atoms with Gasteiger partial charge in [0.25, 0.3) is 0 Å². The lowest BCUT2D eigenvalue weighted by atomic mass is 9.94.